The van der Waals surface area contributed by atoms with Gasteiger partial charge in [0.15, 0.2) is 5.65 Å². The second-order valence-corrected chi connectivity index (χ2v) is 26.6. The first-order chi connectivity index (χ1) is 42.1. The monoisotopic (exact) mass is 1240 g/mol. The van der Waals surface area contributed by atoms with E-state index in [1.54, 1.807) is 16.2 Å². The largest absolute Gasteiger partial charge is 0.348 e. The first-order valence-corrected chi connectivity index (χ1v) is 31.9. The van der Waals surface area contributed by atoms with E-state index in [-0.39, 0.29) is 28.4 Å². The number of hydrogen-bond donors (Lipinski definition) is 0. The molecular formula is C74H101N13O4. The minimum Gasteiger partial charge on any atom is -0.311 e. The Hall–Kier alpha value is -8.21. The summed E-state index contributed by atoms with van der Waals surface area (Å²) in [5.74, 6) is 4.05. The van der Waals surface area contributed by atoms with Crippen molar-refractivity contribution in [2.24, 2.45) is 28.2 Å². The Morgan fingerprint density at radius 3 is 1.13 bits per heavy atom. The Labute approximate surface area is 538 Å². The van der Waals surface area contributed by atoms with Crippen molar-refractivity contribution < 1.29 is 0 Å². The fraction of sp³-hybridized carbons (Fsp3) is 0.500. The van der Waals surface area contributed by atoms with E-state index in [0.29, 0.717) is 34.7 Å². The first-order valence-electron chi connectivity index (χ1n) is 31.9. The topological polar surface area (TPSA) is 204 Å². The van der Waals surface area contributed by atoms with Crippen molar-refractivity contribution in [3.05, 3.63) is 171 Å². The second kappa shape index (κ2) is 27.7. The number of fused-ring (bicyclic) bond motifs is 5. The lowest BCUT2D eigenvalue weighted by Crippen LogP contribution is -2.38. The van der Waals surface area contributed by atoms with Gasteiger partial charge in [-0.1, -0.05) is 69.2 Å². The third kappa shape index (κ3) is 13.6. The SMILES string of the molecule is Cc1c(C)c(C(C)C)c2c(c(C)nc(=O)n2C)c1C.Cc1c(C)c(C(C)C)c2c(c1C)c(=O)n(C)c(=O)n2C.Cc1c(C)c(C(C)C)c2c(c1C)c(C)c(C)c(=O)n2C.Cc1nc(C(C)C)c2nc(C)c(C)nc2n1.Cc1nc(C(C)C)c2nc(C)nc(C)c2n1. The lowest BCUT2D eigenvalue weighted by atomic mass is 9.86. The molecule has 17 heteroatoms. The van der Waals surface area contributed by atoms with E-state index in [0.717, 1.165) is 118 Å². The molecule has 0 aliphatic heterocycles. The summed E-state index contributed by atoms with van der Waals surface area (Å²) in [6, 6.07) is 0. The smallest absolute Gasteiger partial charge is 0.311 e. The number of rotatable bonds is 5. The lowest BCUT2D eigenvalue weighted by molar-refractivity contribution is 0.705. The number of aryl methyl sites for hydroxylation is 14. The third-order valence-corrected chi connectivity index (χ3v) is 18.6. The van der Waals surface area contributed by atoms with E-state index >= 15 is 0 Å². The minimum atomic E-state index is -0.271. The van der Waals surface area contributed by atoms with Crippen LogP contribution < -0.4 is 22.5 Å². The van der Waals surface area contributed by atoms with Crippen LogP contribution in [0, 0.1) is 125 Å². The number of benzene rings is 3. The predicted octanol–water partition coefficient (Wildman–Crippen LogP) is 14.7. The minimum absolute atomic E-state index is 0.125. The van der Waals surface area contributed by atoms with E-state index in [1.165, 1.54) is 67.1 Å². The van der Waals surface area contributed by atoms with Gasteiger partial charge in [0.2, 0.25) is 0 Å². The molecule has 0 fully saturated rings. The molecule has 0 saturated heterocycles. The zero-order valence-corrected chi connectivity index (χ0v) is 60.8. The molecule has 17 nitrogen and oxygen atoms in total. The molecule has 0 atom stereocenters. The van der Waals surface area contributed by atoms with Crippen LogP contribution in [0.2, 0.25) is 0 Å². The van der Waals surface area contributed by atoms with Crippen molar-refractivity contribution in [2.45, 2.75) is 223 Å². The molecule has 486 valence electrons. The summed E-state index contributed by atoms with van der Waals surface area (Å²) < 4.78 is 6.32. The fourth-order valence-electron chi connectivity index (χ4n) is 12.9. The highest BCUT2D eigenvalue weighted by Gasteiger charge is 2.24. The third-order valence-electron chi connectivity index (χ3n) is 18.6. The summed E-state index contributed by atoms with van der Waals surface area (Å²) >= 11 is 0. The van der Waals surface area contributed by atoms with Crippen LogP contribution in [0.3, 0.4) is 0 Å². The Morgan fingerprint density at radius 2 is 0.659 bits per heavy atom. The summed E-state index contributed by atoms with van der Waals surface area (Å²) in [5, 5.41) is 3.06. The van der Waals surface area contributed by atoms with E-state index in [9.17, 15) is 19.2 Å². The molecule has 0 bridgehead atoms. The van der Waals surface area contributed by atoms with Crippen molar-refractivity contribution >= 4 is 54.9 Å². The Kier molecular flexibility index (Phi) is 21.9. The Bertz CT molecular complexity index is 4800. The molecule has 10 aromatic rings. The Balaban J connectivity index is 0.000000181. The summed E-state index contributed by atoms with van der Waals surface area (Å²) in [6.07, 6.45) is 0. The van der Waals surface area contributed by atoms with Gasteiger partial charge in [-0.2, -0.15) is 4.98 Å². The van der Waals surface area contributed by atoms with E-state index < -0.39 is 0 Å². The number of hydrogen-bond acceptors (Lipinski definition) is 13. The molecule has 0 spiro atoms. The van der Waals surface area contributed by atoms with Crippen LogP contribution >= 0.6 is 0 Å². The van der Waals surface area contributed by atoms with Gasteiger partial charge in [0.05, 0.1) is 56.1 Å². The molecule has 0 unspecified atom stereocenters. The first kappa shape index (κ1) is 71.9. The summed E-state index contributed by atoms with van der Waals surface area (Å²) in [5.41, 5.74) is 28.1. The van der Waals surface area contributed by atoms with Crippen LogP contribution in [0.25, 0.3) is 54.9 Å². The van der Waals surface area contributed by atoms with Gasteiger partial charge in [0.1, 0.15) is 34.0 Å². The van der Waals surface area contributed by atoms with Gasteiger partial charge in [-0.25, -0.2) is 49.5 Å². The quantitative estimate of drug-likeness (QED) is 0.157. The fourth-order valence-corrected chi connectivity index (χ4v) is 12.9. The second-order valence-electron chi connectivity index (χ2n) is 26.6. The molecule has 0 aliphatic rings. The van der Waals surface area contributed by atoms with E-state index in [2.05, 4.69) is 169 Å². The van der Waals surface area contributed by atoms with Crippen molar-refractivity contribution in [1.82, 2.24) is 63.1 Å². The molecule has 10 rings (SSSR count). The van der Waals surface area contributed by atoms with Crippen LogP contribution in [0.15, 0.2) is 19.2 Å². The van der Waals surface area contributed by atoms with E-state index in [4.69, 9.17) is 0 Å². The highest BCUT2D eigenvalue weighted by atomic mass is 16.2. The van der Waals surface area contributed by atoms with Crippen LogP contribution in [0.1, 0.15) is 228 Å². The molecule has 3 aromatic carbocycles. The summed E-state index contributed by atoms with van der Waals surface area (Å²) in [6.45, 7) is 58.0. The summed E-state index contributed by atoms with van der Waals surface area (Å²) in [7, 11) is 6.99. The maximum absolute atomic E-state index is 12.5. The number of aromatic nitrogens is 13. The average molecular weight is 1240 g/mol. The molecular weight excluding hydrogens is 1130 g/mol. The van der Waals surface area contributed by atoms with Gasteiger partial charge >= 0.3 is 11.4 Å². The zero-order chi connectivity index (χ0) is 68.9. The molecule has 91 heavy (non-hydrogen) atoms. The standard InChI is InChI=1S/C18H25NO.C16H22N2O2.C16H22N2O.2C12H16N4/c1-9(2)15-11(4)10(3)12(5)16-13(6)14(7)18(20)19(8)17(15)16;1-8(2)12-10(4)9(3)11(5)13-14(12)17(6)16(20)18(7)15(13)19;1-8(2)13-10(4)9(3)11(5)14-12(6)17-16(19)18(7)15(13)14;1-6(2)10-12-11(15-9(5)14-10)7(3)13-8(4)16-12;1-6(2)10-11-12(16-9(5)15-10)14-8(4)7(3)13-11/h9H,1-8H3;8H,1-7H3;8H,1-7H3;2*6H,1-5H3. The highest BCUT2D eigenvalue weighted by molar-refractivity contribution is 5.93. The zero-order valence-electron chi connectivity index (χ0n) is 60.8. The van der Waals surface area contributed by atoms with Gasteiger partial charge in [-0.3, -0.25) is 23.3 Å². The Morgan fingerprint density at radius 1 is 0.275 bits per heavy atom. The van der Waals surface area contributed by atoms with Crippen LogP contribution in [-0.2, 0) is 28.2 Å². The number of pyridine rings is 1. The van der Waals surface area contributed by atoms with Gasteiger partial charge in [-0.15, -0.1) is 0 Å². The van der Waals surface area contributed by atoms with Crippen LogP contribution in [-0.4, -0.2) is 63.1 Å². The number of nitrogens with zero attached hydrogens (tertiary/aromatic N) is 13. The van der Waals surface area contributed by atoms with E-state index in [1.807, 2.05) is 87.9 Å². The van der Waals surface area contributed by atoms with Crippen LogP contribution in [0.4, 0.5) is 0 Å². The molecule has 7 heterocycles. The molecule has 0 saturated carbocycles. The van der Waals surface area contributed by atoms with Gasteiger partial charge in [-0.05, 0) is 227 Å². The molecule has 0 radical (unpaired) electrons. The van der Waals surface area contributed by atoms with Gasteiger partial charge in [0.25, 0.3) is 11.1 Å². The highest BCUT2D eigenvalue weighted by Crippen LogP contribution is 2.37. The van der Waals surface area contributed by atoms with Crippen molar-refractivity contribution in [3.8, 4) is 0 Å². The van der Waals surface area contributed by atoms with Crippen molar-refractivity contribution in [1.29, 1.82) is 0 Å². The van der Waals surface area contributed by atoms with Crippen molar-refractivity contribution in [2.75, 3.05) is 0 Å². The maximum Gasteiger partial charge on any atom is 0.348 e. The predicted molar refractivity (Wildman–Crippen MR) is 377 cm³/mol. The van der Waals surface area contributed by atoms with Gasteiger partial charge < -0.3 is 4.57 Å². The summed E-state index contributed by atoms with van der Waals surface area (Å²) in [4.78, 5) is 88.8. The molecule has 0 aliphatic carbocycles. The molecule has 0 amide bonds. The van der Waals surface area contributed by atoms with Gasteiger partial charge in [0, 0.05) is 44.5 Å². The maximum atomic E-state index is 12.5. The van der Waals surface area contributed by atoms with Crippen LogP contribution in [0.5, 0.6) is 0 Å². The molecule has 0 N–H and O–H groups in total. The normalized spacial score (nSPS) is 11.5. The van der Waals surface area contributed by atoms with Crippen molar-refractivity contribution in [3.63, 3.8) is 0 Å². The molecule has 7 aromatic heterocycles. The average Bonchev–Trinajstić information content (AvgIpc) is 0.761. The lowest BCUT2D eigenvalue weighted by Gasteiger charge is -2.23.